The number of nitrogens with one attached hydrogen (secondary N) is 2. The number of carbonyl (C=O) groups is 1. The van der Waals surface area contributed by atoms with Gasteiger partial charge in [0.1, 0.15) is 0 Å². The number of rotatable bonds is 7. The van der Waals surface area contributed by atoms with Crippen molar-refractivity contribution in [3.05, 3.63) is 82.1 Å². The zero-order chi connectivity index (χ0) is 19.2. The highest BCUT2D eigenvalue weighted by atomic mass is 35.5. The highest BCUT2D eigenvalue weighted by Gasteiger charge is 2.14. The minimum Gasteiger partial charge on any atom is -0.349 e. The summed E-state index contributed by atoms with van der Waals surface area (Å²) >= 11 is 7.59. The molecule has 140 valence electrons. The second kappa shape index (κ2) is 9.11. The molecule has 2 aromatic carbocycles. The fourth-order valence-electron chi connectivity index (χ4n) is 2.82. The number of halogens is 1. The van der Waals surface area contributed by atoms with Crippen LogP contribution in [0.1, 0.15) is 35.5 Å². The van der Waals surface area contributed by atoms with Gasteiger partial charge >= 0.3 is 0 Å². The maximum absolute atomic E-state index is 12.3. The number of H-pyrrole nitrogens is 1. The Morgan fingerprint density at radius 1 is 1.19 bits per heavy atom. The number of aromatic nitrogens is 2. The van der Waals surface area contributed by atoms with E-state index in [-0.39, 0.29) is 11.9 Å². The molecule has 1 atom stereocenters. The fourth-order valence-corrected chi connectivity index (χ4v) is 3.87. The molecule has 4 nitrogen and oxygen atoms in total. The molecule has 1 unspecified atom stereocenters. The molecule has 0 fully saturated rings. The van der Waals surface area contributed by atoms with E-state index >= 15 is 0 Å². The average molecular weight is 400 g/mol. The van der Waals surface area contributed by atoms with Crippen LogP contribution in [0.15, 0.2) is 59.8 Å². The predicted octanol–water partition coefficient (Wildman–Crippen LogP) is 4.93. The van der Waals surface area contributed by atoms with Crippen LogP contribution < -0.4 is 5.32 Å². The van der Waals surface area contributed by atoms with Crippen molar-refractivity contribution in [2.75, 3.05) is 5.75 Å². The van der Waals surface area contributed by atoms with Crippen LogP contribution in [-0.4, -0.2) is 21.6 Å². The van der Waals surface area contributed by atoms with Gasteiger partial charge in [0, 0.05) is 17.1 Å². The van der Waals surface area contributed by atoms with Crippen LogP contribution in [0.3, 0.4) is 0 Å². The Bertz CT molecular complexity index is 911. The molecule has 0 aliphatic rings. The molecule has 0 aliphatic heterocycles. The second-order valence-corrected chi connectivity index (χ2v) is 7.75. The molecule has 6 heteroatoms. The molecule has 3 rings (SSSR count). The van der Waals surface area contributed by atoms with Crippen molar-refractivity contribution in [1.82, 2.24) is 15.3 Å². The summed E-state index contributed by atoms with van der Waals surface area (Å²) in [6.07, 6.45) is 0.777. The molecule has 0 aliphatic carbocycles. The van der Waals surface area contributed by atoms with Crippen LogP contribution in [-0.2, 0) is 11.2 Å². The van der Waals surface area contributed by atoms with Gasteiger partial charge in [0.15, 0.2) is 5.16 Å². The van der Waals surface area contributed by atoms with Gasteiger partial charge in [-0.1, -0.05) is 71.9 Å². The lowest BCUT2D eigenvalue weighted by atomic mass is 10.1. The summed E-state index contributed by atoms with van der Waals surface area (Å²) in [7, 11) is 0. The third-order valence-corrected chi connectivity index (χ3v) is 5.48. The van der Waals surface area contributed by atoms with Crippen molar-refractivity contribution >= 4 is 29.3 Å². The third kappa shape index (κ3) is 5.37. The van der Waals surface area contributed by atoms with Crippen LogP contribution in [0.2, 0.25) is 5.02 Å². The lowest BCUT2D eigenvalue weighted by molar-refractivity contribution is -0.119. The smallest absolute Gasteiger partial charge is 0.230 e. The lowest BCUT2D eigenvalue weighted by Crippen LogP contribution is -2.28. The number of amides is 1. The monoisotopic (exact) mass is 399 g/mol. The first-order valence-electron chi connectivity index (χ1n) is 8.79. The molecule has 0 saturated carbocycles. The van der Waals surface area contributed by atoms with Gasteiger partial charge in [0.05, 0.1) is 17.5 Å². The minimum atomic E-state index is -0.140. The molecular formula is C21H22ClN3OS. The summed E-state index contributed by atoms with van der Waals surface area (Å²) in [5.41, 5.74) is 4.17. The van der Waals surface area contributed by atoms with E-state index in [9.17, 15) is 4.79 Å². The van der Waals surface area contributed by atoms with Crippen molar-refractivity contribution in [3.63, 3.8) is 0 Å². The van der Waals surface area contributed by atoms with E-state index in [2.05, 4.69) is 27.4 Å². The minimum absolute atomic E-state index is 0.0499. The average Bonchev–Trinajstić information content (AvgIpc) is 3.00. The predicted molar refractivity (Wildman–Crippen MR) is 111 cm³/mol. The lowest BCUT2D eigenvalue weighted by Gasteiger charge is -2.15. The zero-order valence-electron chi connectivity index (χ0n) is 15.3. The van der Waals surface area contributed by atoms with Crippen molar-refractivity contribution in [1.29, 1.82) is 0 Å². The van der Waals surface area contributed by atoms with Gasteiger partial charge in [-0.05, 0) is 31.0 Å². The van der Waals surface area contributed by atoms with E-state index in [1.165, 1.54) is 17.3 Å². The van der Waals surface area contributed by atoms with Crippen LogP contribution in [0, 0.1) is 6.92 Å². The summed E-state index contributed by atoms with van der Waals surface area (Å²) in [4.78, 5) is 20.2. The molecule has 3 aromatic rings. The molecule has 1 aromatic heterocycles. The number of thioether (sulfide) groups is 1. The molecule has 1 amide bonds. The molecule has 27 heavy (non-hydrogen) atoms. The largest absolute Gasteiger partial charge is 0.349 e. The number of aromatic amines is 1. The van der Waals surface area contributed by atoms with Gasteiger partial charge in [-0.3, -0.25) is 4.79 Å². The first kappa shape index (κ1) is 19.5. The van der Waals surface area contributed by atoms with E-state index in [0.29, 0.717) is 10.8 Å². The summed E-state index contributed by atoms with van der Waals surface area (Å²) in [5, 5.41) is 4.40. The SMILES string of the molecule is Cc1[nH]c(SCC(=O)NC(C)c2ccccc2Cl)nc1Cc1ccccc1. The Labute approximate surface area is 168 Å². The Balaban J connectivity index is 1.55. The van der Waals surface area contributed by atoms with Crippen molar-refractivity contribution in [3.8, 4) is 0 Å². The van der Waals surface area contributed by atoms with E-state index in [4.69, 9.17) is 11.6 Å². The van der Waals surface area contributed by atoms with Crippen LogP contribution in [0.5, 0.6) is 0 Å². The third-order valence-electron chi connectivity index (χ3n) is 4.27. The number of imidazole rings is 1. The Hall–Kier alpha value is -2.24. The van der Waals surface area contributed by atoms with E-state index < -0.39 is 0 Å². The van der Waals surface area contributed by atoms with Crippen molar-refractivity contribution < 1.29 is 4.79 Å². The van der Waals surface area contributed by atoms with Crippen LogP contribution in [0.25, 0.3) is 0 Å². The summed E-state index contributed by atoms with van der Waals surface area (Å²) in [5.74, 6) is 0.248. The summed E-state index contributed by atoms with van der Waals surface area (Å²) < 4.78 is 0. The Morgan fingerprint density at radius 2 is 1.89 bits per heavy atom. The van der Waals surface area contributed by atoms with Gasteiger partial charge in [0.25, 0.3) is 0 Å². The quantitative estimate of drug-likeness (QED) is 0.553. The van der Waals surface area contributed by atoms with E-state index in [1.807, 2.05) is 56.3 Å². The number of benzene rings is 2. The Kier molecular flexibility index (Phi) is 6.58. The maximum Gasteiger partial charge on any atom is 0.230 e. The Morgan fingerprint density at radius 3 is 2.63 bits per heavy atom. The summed E-state index contributed by atoms with van der Waals surface area (Å²) in [6.45, 7) is 3.94. The van der Waals surface area contributed by atoms with Gasteiger partial charge in [-0.15, -0.1) is 0 Å². The van der Waals surface area contributed by atoms with Gasteiger partial charge < -0.3 is 10.3 Å². The van der Waals surface area contributed by atoms with Crippen LogP contribution in [0.4, 0.5) is 0 Å². The molecule has 2 N–H and O–H groups in total. The highest BCUT2D eigenvalue weighted by molar-refractivity contribution is 7.99. The van der Waals surface area contributed by atoms with Gasteiger partial charge in [0.2, 0.25) is 5.91 Å². The summed E-state index contributed by atoms with van der Waals surface area (Å²) in [6, 6.07) is 17.6. The number of hydrogen-bond donors (Lipinski definition) is 2. The first-order valence-corrected chi connectivity index (χ1v) is 10.2. The number of carbonyl (C=O) groups excluding carboxylic acids is 1. The molecule has 0 spiro atoms. The topological polar surface area (TPSA) is 57.8 Å². The normalized spacial score (nSPS) is 12.0. The van der Waals surface area contributed by atoms with Gasteiger partial charge in [-0.2, -0.15) is 0 Å². The molecule has 0 radical (unpaired) electrons. The van der Waals surface area contributed by atoms with E-state index in [0.717, 1.165) is 28.5 Å². The van der Waals surface area contributed by atoms with Crippen molar-refractivity contribution in [2.24, 2.45) is 0 Å². The second-order valence-electron chi connectivity index (χ2n) is 6.38. The standard InChI is InChI=1S/C21H22ClN3OS/c1-14(17-10-6-7-11-18(17)22)23-20(26)13-27-21-24-15(2)19(25-21)12-16-8-4-3-5-9-16/h3-11,14H,12-13H2,1-2H3,(H,23,26)(H,24,25). The van der Waals surface area contributed by atoms with Gasteiger partial charge in [-0.25, -0.2) is 4.98 Å². The highest BCUT2D eigenvalue weighted by Crippen LogP contribution is 2.23. The molecular weight excluding hydrogens is 378 g/mol. The molecule has 0 bridgehead atoms. The van der Waals surface area contributed by atoms with Crippen LogP contribution >= 0.6 is 23.4 Å². The number of nitrogens with zero attached hydrogens (tertiary/aromatic N) is 1. The van der Waals surface area contributed by atoms with E-state index in [1.54, 1.807) is 0 Å². The first-order chi connectivity index (χ1) is 13.0. The molecule has 1 heterocycles. The molecule has 0 saturated heterocycles. The number of aryl methyl sites for hydroxylation is 1. The van der Waals surface area contributed by atoms with Crippen molar-refractivity contribution in [2.45, 2.75) is 31.5 Å². The zero-order valence-corrected chi connectivity index (χ0v) is 16.9. The fraction of sp³-hybridized carbons (Fsp3) is 0.238. The number of hydrogen-bond acceptors (Lipinski definition) is 3. The maximum atomic E-state index is 12.3.